The van der Waals surface area contributed by atoms with Crippen molar-refractivity contribution in [3.05, 3.63) is 53.6 Å². The van der Waals surface area contributed by atoms with E-state index in [0.717, 1.165) is 12.1 Å². The SMILES string of the molecule is CCN(CCN(C)C)C(=O)CNCc1cccc(C(=O)Nc2c(OC)cccc2OC(C)C)c1. The number of amides is 2. The summed E-state index contributed by atoms with van der Waals surface area (Å²) >= 11 is 0. The van der Waals surface area contributed by atoms with Crippen LogP contribution in [0, 0.1) is 0 Å². The van der Waals surface area contributed by atoms with E-state index in [1.54, 1.807) is 25.3 Å². The van der Waals surface area contributed by atoms with E-state index in [2.05, 4.69) is 15.5 Å². The maximum atomic E-state index is 13.0. The summed E-state index contributed by atoms with van der Waals surface area (Å²) in [5.74, 6) is 0.871. The Morgan fingerprint density at radius 2 is 1.74 bits per heavy atom. The lowest BCUT2D eigenvalue weighted by Crippen LogP contribution is -2.41. The molecule has 0 saturated heterocycles. The van der Waals surface area contributed by atoms with E-state index in [4.69, 9.17) is 9.47 Å². The zero-order valence-electron chi connectivity index (χ0n) is 21.2. The largest absolute Gasteiger partial charge is 0.494 e. The lowest BCUT2D eigenvalue weighted by atomic mass is 10.1. The van der Waals surface area contributed by atoms with Crippen molar-refractivity contribution in [2.45, 2.75) is 33.4 Å². The van der Waals surface area contributed by atoms with E-state index in [9.17, 15) is 9.59 Å². The van der Waals surface area contributed by atoms with Crippen LogP contribution >= 0.6 is 0 Å². The molecule has 0 atom stereocenters. The maximum absolute atomic E-state index is 13.0. The number of rotatable bonds is 13. The molecular formula is C26H38N4O4. The molecule has 2 aromatic carbocycles. The van der Waals surface area contributed by atoms with Crippen molar-refractivity contribution in [3.63, 3.8) is 0 Å². The standard InChI is InChI=1S/C26H38N4O4/c1-7-30(15-14-29(4)5)24(31)18-27-17-20-10-8-11-21(16-20)26(32)28-25-22(33-6)12-9-13-23(25)34-19(2)3/h8-13,16,19,27H,7,14-15,17-18H2,1-6H3,(H,28,32). The number of anilines is 1. The number of hydrogen-bond acceptors (Lipinski definition) is 6. The Labute approximate surface area is 203 Å². The molecule has 0 aliphatic heterocycles. The van der Waals surface area contributed by atoms with Crippen molar-refractivity contribution >= 4 is 17.5 Å². The fraction of sp³-hybridized carbons (Fsp3) is 0.462. The number of ether oxygens (including phenoxy) is 2. The number of carbonyl (C=O) groups is 2. The van der Waals surface area contributed by atoms with Crippen LogP contribution in [0.25, 0.3) is 0 Å². The van der Waals surface area contributed by atoms with Gasteiger partial charge >= 0.3 is 0 Å². The normalized spacial score (nSPS) is 10.9. The molecule has 0 aromatic heterocycles. The van der Waals surface area contributed by atoms with Gasteiger partial charge in [-0.15, -0.1) is 0 Å². The highest BCUT2D eigenvalue weighted by molar-refractivity contribution is 6.06. The molecule has 0 bridgehead atoms. The predicted octanol–water partition coefficient (Wildman–Crippen LogP) is 3.23. The lowest BCUT2D eigenvalue weighted by molar-refractivity contribution is -0.130. The Hall–Kier alpha value is -3.10. The summed E-state index contributed by atoms with van der Waals surface area (Å²) in [6, 6.07) is 12.7. The van der Waals surface area contributed by atoms with Gasteiger partial charge in [-0.3, -0.25) is 9.59 Å². The second kappa shape index (κ2) is 13.6. The van der Waals surface area contributed by atoms with Crippen LogP contribution in [0.4, 0.5) is 5.69 Å². The van der Waals surface area contributed by atoms with Crippen LogP contribution in [0.15, 0.2) is 42.5 Å². The van der Waals surface area contributed by atoms with Gasteiger partial charge in [-0.05, 0) is 64.7 Å². The topological polar surface area (TPSA) is 83.1 Å². The minimum atomic E-state index is -0.267. The van der Waals surface area contributed by atoms with Gasteiger partial charge in [0.05, 0.1) is 19.8 Å². The van der Waals surface area contributed by atoms with Gasteiger partial charge in [-0.1, -0.05) is 18.2 Å². The third-order valence-electron chi connectivity index (χ3n) is 5.16. The first-order valence-corrected chi connectivity index (χ1v) is 11.6. The summed E-state index contributed by atoms with van der Waals surface area (Å²) < 4.78 is 11.3. The van der Waals surface area contributed by atoms with Crippen LogP contribution < -0.4 is 20.1 Å². The molecule has 2 aromatic rings. The lowest BCUT2D eigenvalue weighted by Gasteiger charge is -2.23. The Balaban J connectivity index is 2.02. The van der Waals surface area contributed by atoms with Gasteiger partial charge in [-0.25, -0.2) is 0 Å². The van der Waals surface area contributed by atoms with E-state index in [-0.39, 0.29) is 24.5 Å². The second-order valence-corrected chi connectivity index (χ2v) is 8.53. The monoisotopic (exact) mass is 470 g/mol. The van der Waals surface area contributed by atoms with Gasteiger partial charge in [0.25, 0.3) is 5.91 Å². The molecule has 34 heavy (non-hydrogen) atoms. The third-order valence-corrected chi connectivity index (χ3v) is 5.16. The molecule has 0 heterocycles. The quantitative estimate of drug-likeness (QED) is 0.468. The Morgan fingerprint density at radius 1 is 1.03 bits per heavy atom. The molecule has 0 fully saturated rings. The van der Waals surface area contributed by atoms with Gasteiger partial charge < -0.3 is 29.9 Å². The molecule has 0 radical (unpaired) electrons. The summed E-state index contributed by atoms with van der Waals surface area (Å²) in [4.78, 5) is 29.4. The van der Waals surface area contributed by atoms with Gasteiger partial charge in [0.2, 0.25) is 5.91 Å². The first kappa shape index (κ1) is 27.1. The van der Waals surface area contributed by atoms with Crippen LogP contribution in [0.3, 0.4) is 0 Å². The number of likely N-dealkylation sites (N-methyl/N-ethyl adjacent to an activating group) is 2. The van der Waals surface area contributed by atoms with E-state index in [1.807, 2.05) is 64.0 Å². The van der Waals surface area contributed by atoms with E-state index >= 15 is 0 Å². The molecule has 0 aliphatic rings. The van der Waals surface area contributed by atoms with Gasteiger partial charge in [0.15, 0.2) is 0 Å². The molecule has 2 N–H and O–H groups in total. The fourth-order valence-corrected chi connectivity index (χ4v) is 3.37. The van der Waals surface area contributed by atoms with Crippen molar-refractivity contribution in [2.75, 3.05) is 52.7 Å². The highest BCUT2D eigenvalue weighted by Gasteiger charge is 2.16. The van der Waals surface area contributed by atoms with Crippen molar-refractivity contribution < 1.29 is 19.1 Å². The van der Waals surface area contributed by atoms with E-state index in [1.165, 1.54) is 0 Å². The number of nitrogens with zero attached hydrogens (tertiary/aromatic N) is 2. The fourth-order valence-electron chi connectivity index (χ4n) is 3.37. The first-order valence-electron chi connectivity index (χ1n) is 11.6. The zero-order valence-corrected chi connectivity index (χ0v) is 21.2. The van der Waals surface area contributed by atoms with Crippen LogP contribution in [0.2, 0.25) is 0 Å². The number of hydrogen-bond donors (Lipinski definition) is 2. The van der Waals surface area contributed by atoms with Crippen molar-refractivity contribution in [2.24, 2.45) is 0 Å². The summed E-state index contributed by atoms with van der Waals surface area (Å²) in [5, 5.41) is 6.12. The number of carbonyl (C=O) groups excluding carboxylic acids is 2. The highest BCUT2D eigenvalue weighted by Crippen LogP contribution is 2.35. The van der Waals surface area contributed by atoms with Gasteiger partial charge in [-0.2, -0.15) is 0 Å². The van der Waals surface area contributed by atoms with E-state index in [0.29, 0.717) is 42.4 Å². The molecule has 2 amide bonds. The molecule has 8 heteroatoms. The molecule has 0 spiro atoms. The minimum absolute atomic E-state index is 0.0496. The molecule has 2 rings (SSSR count). The smallest absolute Gasteiger partial charge is 0.255 e. The molecule has 0 saturated carbocycles. The van der Waals surface area contributed by atoms with Crippen molar-refractivity contribution in [3.8, 4) is 11.5 Å². The second-order valence-electron chi connectivity index (χ2n) is 8.53. The van der Waals surface area contributed by atoms with Crippen molar-refractivity contribution in [1.29, 1.82) is 0 Å². The van der Waals surface area contributed by atoms with Crippen LogP contribution in [-0.2, 0) is 11.3 Å². The zero-order chi connectivity index (χ0) is 25.1. The molecule has 0 aliphatic carbocycles. The molecule has 8 nitrogen and oxygen atoms in total. The summed E-state index contributed by atoms with van der Waals surface area (Å²) in [6.07, 6.45) is -0.0496. The minimum Gasteiger partial charge on any atom is -0.494 e. The van der Waals surface area contributed by atoms with Crippen LogP contribution in [0.5, 0.6) is 11.5 Å². The van der Waals surface area contributed by atoms with Gasteiger partial charge in [0.1, 0.15) is 17.2 Å². The average Bonchev–Trinajstić information content (AvgIpc) is 2.80. The van der Waals surface area contributed by atoms with Crippen LogP contribution in [-0.4, -0.2) is 75.1 Å². The molecule has 0 unspecified atom stereocenters. The average molecular weight is 471 g/mol. The number of para-hydroxylation sites is 1. The Kier molecular flexibility index (Phi) is 10.8. The third kappa shape index (κ3) is 8.35. The summed E-state index contributed by atoms with van der Waals surface area (Å²) in [6.45, 7) is 8.76. The maximum Gasteiger partial charge on any atom is 0.255 e. The van der Waals surface area contributed by atoms with Crippen LogP contribution in [0.1, 0.15) is 36.7 Å². The number of benzene rings is 2. The van der Waals surface area contributed by atoms with Gasteiger partial charge in [0, 0.05) is 31.7 Å². The first-order chi connectivity index (χ1) is 16.2. The Bertz CT molecular complexity index is 946. The van der Waals surface area contributed by atoms with E-state index < -0.39 is 0 Å². The summed E-state index contributed by atoms with van der Waals surface area (Å²) in [5.41, 5.74) is 1.92. The molecule has 186 valence electrons. The summed E-state index contributed by atoms with van der Waals surface area (Å²) in [7, 11) is 5.54. The number of nitrogens with one attached hydrogen (secondary N) is 2. The Morgan fingerprint density at radius 3 is 2.38 bits per heavy atom. The van der Waals surface area contributed by atoms with Crippen molar-refractivity contribution in [1.82, 2.24) is 15.1 Å². The number of methoxy groups -OCH3 is 1. The molecular weight excluding hydrogens is 432 g/mol. The highest BCUT2D eigenvalue weighted by atomic mass is 16.5. The predicted molar refractivity (Wildman–Crippen MR) is 136 cm³/mol.